The molecule has 152 valence electrons. The molecule has 1 heterocycles. The third-order valence-electron chi connectivity index (χ3n) is 3.47. The first kappa shape index (κ1) is 22.0. The van der Waals surface area contributed by atoms with Gasteiger partial charge in [0.1, 0.15) is 10.7 Å². The van der Waals surface area contributed by atoms with Crippen LogP contribution in [0, 0.1) is 0 Å². The Morgan fingerprint density at radius 3 is 2.45 bits per heavy atom. The molecule has 0 radical (unpaired) electrons. The molecular weight excluding hydrogens is 396 g/mol. The van der Waals surface area contributed by atoms with E-state index in [4.69, 9.17) is 4.74 Å². The van der Waals surface area contributed by atoms with Gasteiger partial charge >= 0.3 is 17.9 Å². The summed E-state index contributed by atoms with van der Waals surface area (Å²) in [6.07, 6.45) is 2.56. The van der Waals surface area contributed by atoms with Crippen LogP contribution >= 0.6 is 11.8 Å². The first-order chi connectivity index (χ1) is 14.0. The van der Waals surface area contributed by atoms with Crippen molar-refractivity contribution in [3.8, 4) is 0 Å². The number of pyridine rings is 1. The molecule has 1 aromatic carbocycles. The molecule has 0 saturated heterocycles. The van der Waals surface area contributed by atoms with E-state index in [0.29, 0.717) is 22.9 Å². The Bertz CT molecular complexity index is 911. The van der Waals surface area contributed by atoms with Crippen LogP contribution in [0.1, 0.15) is 17.3 Å². The normalized spacial score (nSPS) is 10.8. The fourth-order valence-electron chi connectivity index (χ4n) is 2.12. The monoisotopic (exact) mass is 416 g/mol. The molecule has 29 heavy (non-hydrogen) atoms. The van der Waals surface area contributed by atoms with Gasteiger partial charge in [0.15, 0.2) is 0 Å². The number of methoxy groups -OCH3 is 2. The number of ether oxygens (including phenoxy) is 3. The van der Waals surface area contributed by atoms with Crippen LogP contribution in [0.5, 0.6) is 0 Å². The van der Waals surface area contributed by atoms with Crippen LogP contribution in [-0.4, -0.2) is 43.7 Å². The van der Waals surface area contributed by atoms with E-state index >= 15 is 0 Å². The molecular formula is C20H20N2O6S. The Hall–Kier alpha value is -3.33. The molecule has 0 atom stereocenters. The molecule has 2 rings (SSSR count). The van der Waals surface area contributed by atoms with Gasteiger partial charge in [0, 0.05) is 16.8 Å². The summed E-state index contributed by atoms with van der Waals surface area (Å²) in [7, 11) is 2.43. The molecule has 0 unspecified atom stereocenters. The predicted molar refractivity (Wildman–Crippen MR) is 106 cm³/mol. The number of hydrogen-bond donors (Lipinski definition) is 1. The maximum atomic E-state index is 11.8. The zero-order valence-corrected chi connectivity index (χ0v) is 16.9. The van der Waals surface area contributed by atoms with Crippen LogP contribution in [-0.2, 0) is 23.8 Å². The summed E-state index contributed by atoms with van der Waals surface area (Å²) in [6, 6.07) is 10.3. The van der Waals surface area contributed by atoms with Crippen molar-refractivity contribution in [1.29, 1.82) is 0 Å². The molecule has 0 aliphatic carbocycles. The Morgan fingerprint density at radius 1 is 1.10 bits per heavy atom. The van der Waals surface area contributed by atoms with Crippen LogP contribution in [0.2, 0.25) is 0 Å². The van der Waals surface area contributed by atoms with E-state index in [1.165, 1.54) is 26.0 Å². The number of aromatic nitrogens is 1. The van der Waals surface area contributed by atoms with Gasteiger partial charge in [-0.2, -0.15) is 0 Å². The van der Waals surface area contributed by atoms with Crippen molar-refractivity contribution in [2.75, 3.05) is 26.1 Å². The highest BCUT2D eigenvalue weighted by atomic mass is 32.2. The first-order valence-corrected chi connectivity index (χ1v) is 9.34. The smallest absolute Gasteiger partial charge is 0.354 e. The van der Waals surface area contributed by atoms with E-state index in [9.17, 15) is 14.4 Å². The topological polar surface area (TPSA) is 104 Å². The average Bonchev–Trinajstić information content (AvgIpc) is 2.74. The second-order valence-corrected chi connectivity index (χ2v) is 6.52. The maximum absolute atomic E-state index is 11.8. The van der Waals surface area contributed by atoms with Crippen molar-refractivity contribution in [1.82, 2.24) is 4.98 Å². The number of nitrogens with zero attached hydrogens (tertiary/aromatic N) is 1. The second kappa shape index (κ2) is 10.9. The van der Waals surface area contributed by atoms with Crippen LogP contribution in [0.4, 0.5) is 5.69 Å². The second-order valence-electron chi connectivity index (χ2n) is 5.43. The summed E-state index contributed by atoms with van der Waals surface area (Å²) in [5.41, 5.74) is 0.949. The van der Waals surface area contributed by atoms with Gasteiger partial charge in [-0.15, -0.1) is 0 Å². The van der Waals surface area contributed by atoms with E-state index in [2.05, 4.69) is 19.8 Å². The van der Waals surface area contributed by atoms with Crippen LogP contribution in [0.3, 0.4) is 0 Å². The number of carbonyl (C=O) groups is 3. The summed E-state index contributed by atoms with van der Waals surface area (Å²) in [6.45, 7) is 2.05. The van der Waals surface area contributed by atoms with Gasteiger partial charge in [-0.1, -0.05) is 11.8 Å². The predicted octanol–water partition coefficient (Wildman–Crippen LogP) is 3.05. The van der Waals surface area contributed by atoms with E-state index in [1.54, 1.807) is 49.5 Å². The molecule has 1 aromatic heterocycles. The van der Waals surface area contributed by atoms with Crippen molar-refractivity contribution in [2.45, 2.75) is 16.8 Å². The average molecular weight is 416 g/mol. The lowest BCUT2D eigenvalue weighted by atomic mass is 10.3. The number of hydrogen-bond acceptors (Lipinski definition) is 9. The lowest BCUT2D eigenvalue weighted by Gasteiger charge is -2.10. The van der Waals surface area contributed by atoms with Gasteiger partial charge in [0.05, 0.1) is 32.5 Å². The van der Waals surface area contributed by atoms with Crippen LogP contribution in [0.15, 0.2) is 64.3 Å². The van der Waals surface area contributed by atoms with Gasteiger partial charge < -0.3 is 19.5 Å². The zero-order valence-electron chi connectivity index (χ0n) is 16.1. The Kier molecular flexibility index (Phi) is 8.23. The highest BCUT2D eigenvalue weighted by Gasteiger charge is 2.13. The van der Waals surface area contributed by atoms with Gasteiger partial charge in [0.2, 0.25) is 0 Å². The first-order valence-electron chi connectivity index (χ1n) is 8.53. The van der Waals surface area contributed by atoms with Crippen molar-refractivity contribution >= 4 is 35.4 Å². The molecule has 0 bridgehead atoms. The molecule has 0 saturated carbocycles. The molecule has 2 aromatic rings. The van der Waals surface area contributed by atoms with Crippen molar-refractivity contribution in [2.24, 2.45) is 0 Å². The summed E-state index contributed by atoms with van der Waals surface area (Å²) >= 11 is 1.36. The third kappa shape index (κ3) is 6.65. The van der Waals surface area contributed by atoms with Crippen LogP contribution < -0.4 is 5.32 Å². The van der Waals surface area contributed by atoms with E-state index < -0.39 is 17.9 Å². The number of carbonyl (C=O) groups excluding carboxylic acids is 3. The minimum absolute atomic E-state index is 0.0523. The molecule has 0 fully saturated rings. The van der Waals surface area contributed by atoms with Crippen molar-refractivity contribution in [3.05, 3.63) is 59.9 Å². The molecule has 1 N–H and O–H groups in total. The highest BCUT2D eigenvalue weighted by Crippen LogP contribution is 2.28. The largest absolute Gasteiger partial charge is 0.466 e. The Balaban J connectivity index is 2.11. The summed E-state index contributed by atoms with van der Waals surface area (Å²) in [4.78, 5) is 40.2. The molecule has 0 amide bonds. The molecule has 0 aliphatic rings. The van der Waals surface area contributed by atoms with Gasteiger partial charge in [-0.05, 0) is 43.3 Å². The van der Waals surface area contributed by atoms with Gasteiger partial charge in [-0.25, -0.2) is 19.4 Å². The minimum atomic E-state index is -0.700. The number of rotatable bonds is 8. The summed E-state index contributed by atoms with van der Waals surface area (Å²) in [5.74, 6) is -1.78. The molecule has 0 spiro atoms. The quantitative estimate of drug-likeness (QED) is 0.395. The lowest BCUT2D eigenvalue weighted by molar-refractivity contribution is -0.138. The fraction of sp³-hybridized carbons (Fsp3) is 0.200. The Morgan fingerprint density at radius 2 is 1.83 bits per heavy atom. The molecule has 8 nitrogen and oxygen atoms in total. The highest BCUT2D eigenvalue weighted by molar-refractivity contribution is 7.99. The van der Waals surface area contributed by atoms with Crippen molar-refractivity contribution in [3.63, 3.8) is 0 Å². The SMILES string of the molecule is CCOC(=O)c1ccnc(Sc2ccc(N/C(=C/C(=O)OC)C(=O)OC)cc2)c1. The molecule has 9 heteroatoms. The number of nitrogens with one attached hydrogen (secondary N) is 1. The number of esters is 3. The van der Waals surface area contributed by atoms with E-state index in [0.717, 1.165) is 11.0 Å². The van der Waals surface area contributed by atoms with Gasteiger partial charge in [0.25, 0.3) is 0 Å². The van der Waals surface area contributed by atoms with Crippen LogP contribution in [0.25, 0.3) is 0 Å². The van der Waals surface area contributed by atoms with E-state index in [1.807, 2.05) is 0 Å². The van der Waals surface area contributed by atoms with Crippen molar-refractivity contribution < 1.29 is 28.6 Å². The minimum Gasteiger partial charge on any atom is -0.466 e. The zero-order chi connectivity index (χ0) is 21.2. The maximum Gasteiger partial charge on any atom is 0.354 e. The van der Waals surface area contributed by atoms with E-state index in [-0.39, 0.29) is 5.70 Å². The third-order valence-corrected chi connectivity index (χ3v) is 4.41. The van der Waals surface area contributed by atoms with Gasteiger partial charge in [-0.3, -0.25) is 0 Å². The summed E-state index contributed by atoms with van der Waals surface area (Å²) < 4.78 is 14.2. The standard InChI is InChI=1S/C20H20N2O6S/c1-4-28-19(24)13-9-10-21-17(11-13)29-15-7-5-14(6-8-15)22-16(20(25)27-3)12-18(23)26-2/h5-12,22H,4H2,1-3H3/b16-12+. The fourth-order valence-corrected chi connectivity index (χ4v) is 2.94. The summed E-state index contributed by atoms with van der Waals surface area (Å²) in [5, 5.41) is 3.46. The molecule has 0 aliphatic heterocycles. The Labute approximate surface area is 172 Å². The lowest BCUT2D eigenvalue weighted by Crippen LogP contribution is -2.15. The number of anilines is 1. The number of benzene rings is 1.